The molecule has 0 amide bonds. The van der Waals surface area contributed by atoms with Gasteiger partial charge >= 0.3 is 0 Å². The van der Waals surface area contributed by atoms with Gasteiger partial charge in [0.25, 0.3) is 0 Å². The van der Waals surface area contributed by atoms with Crippen molar-refractivity contribution in [2.75, 3.05) is 24.6 Å². The molecule has 1 unspecified atom stereocenters. The van der Waals surface area contributed by atoms with E-state index in [0.717, 1.165) is 41.4 Å². The summed E-state index contributed by atoms with van der Waals surface area (Å²) in [7, 11) is 0. The fraction of sp³-hybridized carbons (Fsp3) is 0.500. The number of halogens is 1. The van der Waals surface area contributed by atoms with E-state index in [2.05, 4.69) is 51.2 Å². The average Bonchev–Trinajstić information content (AvgIpc) is 3.10. The van der Waals surface area contributed by atoms with Crippen LogP contribution in [0.5, 0.6) is 0 Å². The molecular weight excluding hydrogens is 340 g/mol. The lowest BCUT2D eigenvalue weighted by atomic mass is 9.90. The van der Waals surface area contributed by atoms with Crippen LogP contribution in [0.1, 0.15) is 25.7 Å². The Hall–Kier alpha value is -1.13. The van der Waals surface area contributed by atoms with Gasteiger partial charge in [0.2, 0.25) is 0 Å². The normalized spacial score (nSPS) is 23.3. The van der Waals surface area contributed by atoms with Gasteiger partial charge in [-0.05, 0) is 65.7 Å². The number of piperidine rings is 1. The minimum Gasteiger partial charge on any atom is -0.378 e. The molecule has 2 aromatic rings. The first-order valence-electron chi connectivity index (χ1n) is 8.23. The summed E-state index contributed by atoms with van der Waals surface area (Å²) in [5, 5.41) is 1.19. The highest BCUT2D eigenvalue weighted by atomic mass is 79.9. The van der Waals surface area contributed by atoms with E-state index in [1.165, 1.54) is 31.1 Å². The zero-order valence-corrected chi connectivity index (χ0v) is 14.3. The maximum Gasteiger partial charge on any atom is 0.129 e. The number of hydrogen-bond acceptors (Lipinski definition) is 3. The van der Waals surface area contributed by atoms with Crippen molar-refractivity contribution in [2.45, 2.75) is 31.8 Å². The SMILES string of the molecule is Brc1cccc2ccc(N3CCC(C4CCCO4)CC3)nc12. The van der Waals surface area contributed by atoms with Crippen LogP contribution in [-0.4, -0.2) is 30.8 Å². The molecule has 0 N–H and O–H groups in total. The van der Waals surface area contributed by atoms with Gasteiger partial charge in [0, 0.05) is 29.6 Å². The average molecular weight is 361 g/mol. The van der Waals surface area contributed by atoms with Crippen LogP contribution in [-0.2, 0) is 4.74 Å². The van der Waals surface area contributed by atoms with Crippen molar-refractivity contribution in [1.29, 1.82) is 0 Å². The summed E-state index contributed by atoms with van der Waals surface area (Å²) in [4.78, 5) is 7.29. The van der Waals surface area contributed by atoms with E-state index in [1.807, 2.05) is 0 Å². The standard InChI is InChI=1S/C18H21BrN2O/c19-15-4-1-3-14-6-7-17(20-18(14)15)21-10-8-13(9-11-21)16-5-2-12-22-16/h1,3-4,6-7,13,16H,2,5,8-12H2. The maximum absolute atomic E-state index is 5.87. The lowest BCUT2D eigenvalue weighted by Gasteiger charge is -2.35. The molecule has 2 fully saturated rings. The van der Waals surface area contributed by atoms with Gasteiger partial charge in [-0.3, -0.25) is 0 Å². The van der Waals surface area contributed by atoms with E-state index in [9.17, 15) is 0 Å². The minimum absolute atomic E-state index is 0.515. The topological polar surface area (TPSA) is 25.4 Å². The van der Waals surface area contributed by atoms with Crippen molar-refractivity contribution in [3.63, 3.8) is 0 Å². The summed E-state index contributed by atoms with van der Waals surface area (Å²) in [6, 6.07) is 10.6. The van der Waals surface area contributed by atoms with Crippen LogP contribution in [0.25, 0.3) is 10.9 Å². The molecule has 4 heteroatoms. The fourth-order valence-corrected chi connectivity index (χ4v) is 4.22. The Bertz CT molecular complexity index is 661. The zero-order valence-electron chi connectivity index (χ0n) is 12.7. The third-order valence-corrected chi connectivity index (χ3v) is 5.65. The molecule has 3 heterocycles. The Morgan fingerprint density at radius 2 is 1.95 bits per heavy atom. The highest BCUT2D eigenvalue weighted by Crippen LogP contribution is 2.31. The van der Waals surface area contributed by atoms with Gasteiger partial charge in [0.15, 0.2) is 0 Å². The second-order valence-corrected chi connectivity index (χ2v) is 7.21. The second kappa shape index (κ2) is 6.17. The molecule has 0 aliphatic carbocycles. The Labute approximate surface area is 139 Å². The van der Waals surface area contributed by atoms with Gasteiger partial charge in [0.05, 0.1) is 11.6 Å². The van der Waals surface area contributed by atoms with Gasteiger partial charge in [-0.25, -0.2) is 4.98 Å². The van der Waals surface area contributed by atoms with Gasteiger partial charge in [-0.15, -0.1) is 0 Å². The highest BCUT2D eigenvalue weighted by Gasteiger charge is 2.29. The highest BCUT2D eigenvalue weighted by molar-refractivity contribution is 9.10. The van der Waals surface area contributed by atoms with Crippen LogP contribution < -0.4 is 4.90 Å². The molecule has 1 atom stereocenters. The lowest BCUT2D eigenvalue weighted by molar-refractivity contribution is 0.0531. The summed E-state index contributed by atoms with van der Waals surface area (Å²) in [6.45, 7) is 3.14. The van der Waals surface area contributed by atoms with E-state index in [-0.39, 0.29) is 0 Å². The van der Waals surface area contributed by atoms with E-state index in [0.29, 0.717) is 6.10 Å². The number of hydrogen-bond donors (Lipinski definition) is 0. The van der Waals surface area contributed by atoms with Gasteiger partial charge in [-0.2, -0.15) is 0 Å². The number of aromatic nitrogens is 1. The van der Waals surface area contributed by atoms with Crippen LogP contribution in [0.4, 0.5) is 5.82 Å². The van der Waals surface area contributed by atoms with Crippen molar-refractivity contribution < 1.29 is 4.74 Å². The minimum atomic E-state index is 0.515. The summed E-state index contributed by atoms with van der Waals surface area (Å²) in [5.74, 6) is 1.84. The van der Waals surface area contributed by atoms with Crippen molar-refractivity contribution in [2.24, 2.45) is 5.92 Å². The van der Waals surface area contributed by atoms with Crippen LogP contribution >= 0.6 is 15.9 Å². The molecule has 0 saturated carbocycles. The van der Waals surface area contributed by atoms with Gasteiger partial charge in [-0.1, -0.05) is 12.1 Å². The molecule has 2 aliphatic rings. The quantitative estimate of drug-likeness (QED) is 0.793. The first-order chi connectivity index (χ1) is 10.8. The van der Waals surface area contributed by atoms with E-state index >= 15 is 0 Å². The molecular formula is C18H21BrN2O. The predicted octanol–water partition coefficient (Wildman–Crippen LogP) is 4.39. The third-order valence-electron chi connectivity index (χ3n) is 5.01. The molecule has 22 heavy (non-hydrogen) atoms. The monoisotopic (exact) mass is 360 g/mol. The van der Waals surface area contributed by atoms with Crippen molar-refractivity contribution in [3.8, 4) is 0 Å². The number of ether oxygens (including phenoxy) is 1. The molecule has 3 nitrogen and oxygen atoms in total. The van der Waals surface area contributed by atoms with Crippen LogP contribution in [0.2, 0.25) is 0 Å². The van der Waals surface area contributed by atoms with Crippen LogP contribution in [0, 0.1) is 5.92 Å². The number of rotatable bonds is 2. The molecule has 0 bridgehead atoms. The Balaban J connectivity index is 1.50. The number of anilines is 1. The molecule has 1 aromatic carbocycles. The first-order valence-corrected chi connectivity index (χ1v) is 9.02. The Morgan fingerprint density at radius 3 is 2.73 bits per heavy atom. The number of para-hydroxylation sites is 1. The maximum atomic E-state index is 5.87. The second-order valence-electron chi connectivity index (χ2n) is 6.36. The molecule has 4 rings (SSSR count). The summed E-state index contributed by atoms with van der Waals surface area (Å²) >= 11 is 3.61. The Morgan fingerprint density at radius 1 is 1.09 bits per heavy atom. The first kappa shape index (κ1) is 14.5. The van der Waals surface area contributed by atoms with Crippen molar-refractivity contribution in [3.05, 3.63) is 34.8 Å². The number of pyridine rings is 1. The number of fused-ring (bicyclic) bond motifs is 1. The van der Waals surface area contributed by atoms with Gasteiger partial charge < -0.3 is 9.64 Å². The molecule has 2 saturated heterocycles. The fourth-order valence-electron chi connectivity index (χ4n) is 3.75. The molecule has 0 spiro atoms. The third kappa shape index (κ3) is 2.74. The molecule has 1 aromatic heterocycles. The zero-order chi connectivity index (χ0) is 14.9. The molecule has 0 radical (unpaired) electrons. The Kier molecular flexibility index (Phi) is 4.05. The number of benzene rings is 1. The summed E-state index contributed by atoms with van der Waals surface area (Å²) < 4.78 is 6.94. The lowest BCUT2D eigenvalue weighted by Crippen LogP contribution is -2.38. The largest absolute Gasteiger partial charge is 0.378 e. The number of nitrogens with zero attached hydrogens (tertiary/aromatic N) is 2. The molecule has 116 valence electrons. The summed E-state index contributed by atoms with van der Waals surface area (Å²) in [6.07, 6.45) is 5.46. The smallest absolute Gasteiger partial charge is 0.129 e. The van der Waals surface area contributed by atoms with E-state index in [4.69, 9.17) is 9.72 Å². The van der Waals surface area contributed by atoms with E-state index in [1.54, 1.807) is 0 Å². The van der Waals surface area contributed by atoms with Crippen LogP contribution in [0.15, 0.2) is 34.8 Å². The van der Waals surface area contributed by atoms with Crippen LogP contribution in [0.3, 0.4) is 0 Å². The van der Waals surface area contributed by atoms with Gasteiger partial charge in [0.1, 0.15) is 5.82 Å². The molecule has 2 aliphatic heterocycles. The van der Waals surface area contributed by atoms with E-state index < -0.39 is 0 Å². The summed E-state index contributed by atoms with van der Waals surface area (Å²) in [5.41, 5.74) is 1.06. The van der Waals surface area contributed by atoms with Crippen molar-refractivity contribution >= 4 is 32.7 Å². The predicted molar refractivity (Wildman–Crippen MR) is 93.4 cm³/mol. The van der Waals surface area contributed by atoms with Crippen molar-refractivity contribution in [1.82, 2.24) is 4.98 Å².